The van der Waals surface area contributed by atoms with Crippen molar-refractivity contribution in [1.29, 1.82) is 0 Å². The molecule has 0 aromatic carbocycles. The maximum absolute atomic E-state index is 12.5. The van der Waals surface area contributed by atoms with E-state index in [9.17, 15) is 22.0 Å². The molecule has 0 amide bonds. The van der Waals surface area contributed by atoms with Crippen LogP contribution in [0.5, 0.6) is 0 Å². The lowest BCUT2D eigenvalue weighted by molar-refractivity contribution is 0.0565. The molecule has 0 saturated carbocycles. The third kappa shape index (κ3) is 1.23. The summed E-state index contributed by atoms with van der Waals surface area (Å²) >= 11 is 0. The van der Waals surface area contributed by atoms with Crippen molar-refractivity contribution in [2.45, 2.75) is 19.0 Å². The summed E-state index contributed by atoms with van der Waals surface area (Å²) in [5.74, 6) is -8.36. The lowest BCUT2D eigenvalue weighted by Crippen LogP contribution is -2.24. The molecular weight excluding hydrogens is 179 g/mol. The molecule has 0 nitrogen and oxygen atoms in total. The van der Waals surface area contributed by atoms with Gasteiger partial charge in [0.15, 0.2) is 12.0 Å². The predicted octanol–water partition coefficient (Wildman–Crippen LogP) is 3.07. The minimum atomic E-state index is -4.00. The molecule has 0 heterocycles. The van der Waals surface area contributed by atoms with Crippen LogP contribution in [0.1, 0.15) is 6.92 Å². The zero-order valence-electron chi connectivity index (χ0n) is 6.04. The van der Waals surface area contributed by atoms with E-state index in [0.717, 1.165) is 6.92 Å². The molecule has 5 heteroatoms. The van der Waals surface area contributed by atoms with Crippen LogP contribution in [0.15, 0.2) is 23.3 Å². The Morgan fingerprint density at radius 1 is 1.33 bits per heavy atom. The second-order valence-electron chi connectivity index (χ2n) is 2.54. The van der Waals surface area contributed by atoms with Crippen molar-refractivity contribution in [1.82, 2.24) is 0 Å². The number of alkyl halides is 3. The fourth-order valence-electron chi connectivity index (χ4n) is 0.893. The Kier molecular flexibility index (Phi) is 1.97. The van der Waals surface area contributed by atoms with Crippen molar-refractivity contribution < 1.29 is 22.0 Å². The van der Waals surface area contributed by atoms with Crippen LogP contribution in [0.4, 0.5) is 22.0 Å². The summed E-state index contributed by atoms with van der Waals surface area (Å²) in [7, 11) is 0. The largest absolute Gasteiger partial charge is 0.320 e. The lowest BCUT2D eigenvalue weighted by atomic mass is 10.0. The number of halogens is 5. The minimum Gasteiger partial charge on any atom is -0.235 e. The van der Waals surface area contributed by atoms with Gasteiger partial charge in [-0.25, -0.2) is 13.2 Å². The minimum absolute atomic E-state index is 0.0794. The van der Waals surface area contributed by atoms with Crippen LogP contribution in [0, 0.1) is 0 Å². The van der Waals surface area contributed by atoms with Gasteiger partial charge in [-0.3, -0.25) is 0 Å². The van der Waals surface area contributed by atoms with Crippen molar-refractivity contribution in [3.05, 3.63) is 23.3 Å². The van der Waals surface area contributed by atoms with Crippen molar-refractivity contribution in [3.8, 4) is 0 Å². The Hall–Kier alpha value is -0.870. The van der Waals surface area contributed by atoms with Gasteiger partial charge in [0, 0.05) is 0 Å². The first kappa shape index (κ1) is 9.22. The van der Waals surface area contributed by atoms with Gasteiger partial charge in [-0.15, -0.1) is 0 Å². The van der Waals surface area contributed by atoms with Crippen LogP contribution in [0.25, 0.3) is 0 Å². The second-order valence-corrected chi connectivity index (χ2v) is 2.54. The zero-order chi connectivity index (χ0) is 9.52. The van der Waals surface area contributed by atoms with Crippen LogP contribution in [-0.2, 0) is 0 Å². The fourth-order valence-corrected chi connectivity index (χ4v) is 0.893. The Labute approximate surface area is 65.4 Å². The monoisotopic (exact) mass is 184 g/mol. The maximum Gasteiger partial charge on any atom is 0.320 e. The number of rotatable bonds is 0. The molecule has 0 fully saturated rings. The van der Waals surface area contributed by atoms with Crippen molar-refractivity contribution in [3.63, 3.8) is 0 Å². The summed E-state index contributed by atoms with van der Waals surface area (Å²) in [5, 5.41) is 0. The van der Waals surface area contributed by atoms with Gasteiger partial charge in [-0.2, -0.15) is 8.78 Å². The smallest absolute Gasteiger partial charge is 0.235 e. The fraction of sp³-hybridized carbons (Fsp3) is 0.429. The van der Waals surface area contributed by atoms with Crippen LogP contribution in [0.3, 0.4) is 0 Å². The number of hydrogen-bond donors (Lipinski definition) is 0. The highest BCUT2D eigenvalue weighted by molar-refractivity contribution is 5.33. The molecule has 1 rings (SSSR count). The standard InChI is InChI=1S/C7H5F5/c1-3-2-7(11,12)6(10)5(9)4(3)8/h2,4H,1H3. The highest BCUT2D eigenvalue weighted by Crippen LogP contribution is 2.38. The van der Waals surface area contributed by atoms with E-state index in [1.165, 1.54) is 0 Å². The van der Waals surface area contributed by atoms with E-state index in [2.05, 4.69) is 0 Å². The van der Waals surface area contributed by atoms with Crippen LogP contribution in [-0.4, -0.2) is 12.1 Å². The first-order chi connectivity index (χ1) is 5.36. The van der Waals surface area contributed by atoms with Crippen molar-refractivity contribution in [2.24, 2.45) is 0 Å². The molecule has 0 saturated heterocycles. The van der Waals surface area contributed by atoms with E-state index in [1.54, 1.807) is 0 Å². The zero-order valence-corrected chi connectivity index (χ0v) is 6.04. The summed E-state index contributed by atoms with van der Waals surface area (Å²) in [6, 6.07) is 0. The van der Waals surface area contributed by atoms with Crippen LogP contribution < -0.4 is 0 Å². The average Bonchev–Trinajstić information content (AvgIpc) is 1.97. The Bertz CT molecular complexity index is 263. The van der Waals surface area contributed by atoms with Crippen LogP contribution in [0.2, 0.25) is 0 Å². The number of allylic oxidation sites excluding steroid dienone is 4. The highest BCUT2D eigenvalue weighted by Gasteiger charge is 2.42. The molecule has 12 heavy (non-hydrogen) atoms. The predicted molar refractivity (Wildman–Crippen MR) is 32.8 cm³/mol. The molecule has 1 aliphatic rings. The van der Waals surface area contributed by atoms with Gasteiger partial charge >= 0.3 is 5.92 Å². The van der Waals surface area contributed by atoms with E-state index in [0.29, 0.717) is 0 Å². The van der Waals surface area contributed by atoms with E-state index in [-0.39, 0.29) is 6.08 Å². The molecule has 0 aromatic heterocycles. The van der Waals surface area contributed by atoms with Crippen molar-refractivity contribution >= 4 is 0 Å². The SMILES string of the molecule is CC1=CC(F)(F)C(F)=C(F)C1F. The summed E-state index contributed by atoms with van der Waals surface area (Å²) in [6.45, 7) is 0.977. The molecule has 0 aliphatic heterocycles. The topological polar surface area (TPSA) is 0 Å². The molecule has 0 N–H and O–H groups in total. The van der Waals surface area contributed by atoms with E-state index >= 15 is 0 Å². The third-order valence-electron chi connectivity index (χ3n) is 1.53. The second kappa shape index (κ2) is 2.57. The first-order valence-electron chi connectivity index (χ1n) is 3.13. The van der Waals surface area contributed by atoms with E-state index in [1.807, 2.05) is 0 Å². The van der Waals surface area contributed by atoms with E-state index < -0.39 is 29.3 Å². The van der Waals surface area contributed by atoms with Crippen molar-refractivity contribution in [2.75, 3.05) is 0 Å². The van der Waals surface area contributed by atoms with Gasteiger partial charge in [0.1, 0.15) is 0 Å². The van der Waals surface area contributed by atoms with Gasteiger partial charge < -0.3 is 0 Å². The van der Waals surface area contributed by atoms with Gasteiger partial charge in [-0.05, 0) is 18.6 Å². The Balaban J connectivity index is 3.15. The lowest BCUT2D eigenvalue weighted by Gasteiger charge is -2.19. The molecule has 0 spiro atoms. The maximum atomic E-state index is 12.5. The first-order valence-corrected chi connectivity index (χ1v) is 3.13. The van der Waals surface area contributed by atoms with Gasteiger partial charge in [0.2, 0.25) is 5.83 Å². The molecule has 0 radical (unpaired) electrons. The molecule has 0 bridgehead atoms. The summed E-state index contributed by atoms with van der Waals surface area (Å²) < 4.78 is 61.8. The molecule has 1 unspecified atom stereocenters. The molecule has 1 aliphatic carbocycles. The Morgan fingerprint density at radius 3 is 2.33 bits per heavy atom. The van der Waals surface area contributed by atoms with Gasteiger partial charge in [0.25, 0.3) is 0 Å². The highest BCUT2D eigenvalue weighted by atomic mass is 19.3. The van der Waals surface area contributed by atoms with Crippen LogP contribution >= 0.6 is 0 Å². The van der Waals surface area contributed by atoms with E-state index in [4.69, 9.17) is 0 Å². The van der Waals surface area contributed by atoms with Gasteiger partial charge in [0.05, 0.1) is 0 Å². The Morgan fingerprint density at radius 2 is 1.83 bits per heavy atom. The molecule has 68 valence electrons. The van der Waals surface area contributed by atoms with Gasteiger partial charge in [-0.1, -0.05) is 0 Å². The summed E-state index contributed by atoms with van der Waals surface area (Å²) in [5.41, 5.74) is -0.515. The summed E-state index contributed by atoms with van der Waals surface area (Å²) in [6.07, 6.45) is -2.29. The molecule has 1 atom stereocenters. The average molecular weight is 184 g/mol. The molecule has 0 aromatic rings. The summed E-state index contributed by atoms with van der Waals surface area (Å²) in [4.78, 5) is 0. The quantitative estimate of drug-likeness (QED) is 0.401. The normalized spacial score (nSPS) is 28.8. The number of hydrogen-bond acceptors (Lipinski definition) is 0. The third-order valence-corrected chi connectivity index (χ3v) is 1.53. The molecular formula is C7H5F5.